The maximum atomic E-state index is 11.2. The highest BCUT2D eigenvalue weighted by Gasteiger charge is 2.15. The van der Waals surface area contributed by atoms with Crippen molar-refractivity contribution in [2.24, 2.45) is 0 Å². The standard InChI is InChI=1S/C10H11ClO5S/c1-7(12)8-3-4-9(10(5-8)15-2)16-17(13,14)6-11/h3-5H,6H2,1-2H3. The maximum absolute atomic E-state index is 11.2. The zero-order valence-corrected chi connectivity index (χ0v) is 10.8. The van der Waals surface area contributed by atoms with Crippen LogP contribution in [-0.4, -0.2) is 26.5 Å². The van der Waals surface area contributed by atoms with Crippen molar-refractivity contribution in [1.82, 2.24) is 0 Å². The Kier molecular flexibility index (Phi) is 4.36. The van der Waals surface area contributed by atoms with E-state index in [9.17, 15) is 13.2 Å². The van der Waals surface area contributed by atoms with Crippen molar-refractivity contribution in [3.8, 4) is 11.5 Å². The number of benzene rings is 1. The summed E-state index contributed by atoms with van der Waals surface area (Å²) >= 11 is 5.21. The van der Waals surface area contributed by atoms with E-state index in [1.54, 1.807) is 0 Å². The third kappa shape index (κ3) is 3.61. The Morgan fingerprint density at radius 3 is 2.47 bits per heavy atom. The fraction of sp³-hybridized carbons (Fsp3) is 0.300. The first kappa shape index (κ1) is 13.8. The quantitative estimate of drug-likeness (QED) is 0.467. The van der Waals surface area contributed by atoms with E-state index in [2.05, 4.69) is 0 Å². The summed E-state index contributed by atoms with van der Waals surface area (Å²) in [5, 5.41) is -0.662. The largest absolute Gasteiger partial charge is 0.493 e. The van der Waals surface area contributed by atoms with Gasteiger partial charge in [-0.2, -0.15) is 8.42 Å². The number of Topliss-reactive ketones (excluding diaryl/α,β-unsaturated/α-hetero) is 1. The monoisotopic (exact) mass is 278 g/mol. The number of ether oxygens (including phenoxy) is 1. The molecule has 1 aromatic rings. The number of halogens is 1. The van der Waals surface area contributed by atoms with Gasteiger partial charge in [-0.25, -0.2) is 0 Å². The number of hydrogen-bond acceptors (Lipinski definition) is 5. The first-order chi connectivity index (χ1) is 7.89. The third-order valence-corrected chi connectivity index (χ3v) is 3.42. The van der Waals surface area contributed by atoms with E-state index in [4.69, 9.17) is 20.5 Å². The van der Waals surface area contributed by atoms with Gasteiger partial charge in [0.15, 0.2) is 22.5 Å². The molecule has 0 aliphatic carbocycles. The van der Waals surface area contributed by atoms with Crippen LogP contribution in [-0.2, 0) is 10.1 Å². The Morgan fingerprint density at radius 1 is 1.35 bits per heavy atom. The van der Waals surface area contributed by atoms with Crippen molar-refractivity contribution in [2.45, 2.75) is 6.92 Å². The van der Waals surface area contributed by atoms with Gasteiger partial charge in [0.25, 0.3) is 0 Å². The van der Waals surface area contributed by atoms with Crippen molar-refractivity contribution in [2.75, 3.05) is 12.3 Å². The molecule has 5 nitrogen and oxygen atoms in total. The molecule has 0 aliphatic heterocycles. The minimum atomic E-state index is -3.84. The van der Waals surface area contributed by atoms with E-state index in [0.29, 0.717) is 5.56 Å². The average molecular weight is 279 g/mol. The Hall–Kier alpha value is -1.27. The van der Waals surface area contributed by atoms with Crippen LogP contribution in [0.25, 0.3) is 0 Å². The predicted octanol–water partition coefficient (Wildman–Crippen LogP) is 1.80. The van der Waals surface area contributed by atoms with Crippen LogP contribution in [0.4, 0.5) is 0 Å². The van der Waals surface area contributed by atoms with Crippen LogP contribution in [0.1, 0.15) is 17.3 Å². The van der Waals surface area contributed by atoms with Crippen molar-refractivity contribution < 1.29 is 22.1 Å². The lowest BCUT2D eigenvalue weighted by molar-refractivity contribution is 0.101. The van der Waals surface area contributed by atoms with Crippen LogP contribution in [0.15, 0.2) is 18.2 Å². The number of alkyl halides is 1. The molecule has 1 aromatic carbocycles. The van der Waals surface area contributed by atoms with Crippen LogP contribution in [0.2, 0.25) is 0 Å². The fourth-order valence-electron chi connectivity index (χ4n) is 1.11. The molecular formula is C10H11ClO5S. The van der Waals surface area contributed by atoms with Gasteiger partial charge in [-0.15, -0.1) is 11.6 Å². The van der Waals surface area contributed by atoms with Gasteiger partial charge in [0, 0.05) is 5.56 Å². The topological polar surface area (TPSA) is 69.7 Å². The van der Waals surface area contributed by atoms with Gasteiger partial charge in [-0.05, 0) is 25.1 Å². The third-order valence-electron chi connectivity index (χ3n) is 1.92. The maximum Gasteiger partial charge on any atom is 0.323 e. The summed E-state index contributed by atoms with van der Waals surface area (Å²) < 4.78 is 32.0. The van der Waals surface area contributed by atoms with Gasteiger partial charge in [0.1, 0.15) is 0 Å². The molecule has 0 radical (unpaired) electrons. The van der Waals surface area contributed by atoms with Gasteiger partial charge in [-0.1, -0.05) is 0 Å². The fourth-order valence-corrected chi connectivity index (χ4v) is 1.70. The molecule has 0 fully saturated rings. The van der Waals surface area contributed by atoms with E-state index in [-0.39, 0.29) is 17.3 Å². The summed E-state index contributed by atoms with van der Waals surface area (Å²) in [5.74, 6) is -0.000378. The summed E-state index contributed by atoms with van der Waals surface area (Å²) in [6.07, 6.45) is 0. The van der Waals surface area contributed by atoms with E-state index in [1.165, 1.54) is 32.2 Å². The molecule has 0 saturated carbocycles. The van der Waals surface area contributed by atoms with Crippen molar-refractivity contribution in [3.05, 3.63) is 23.8 Å². The lowest BCUT2D eigenvalue weighted by atomic mass is 10.1. The second-order valence-electron chi connectivity index (χ2n) is 3.17. The Morgan fingerprint density at radius 2 is 2.00 bits per heavy atom. The van der Waals surface area contributed by atoms with Gasteiger partial charge < -0.3 is 8.92 Å². The van der Waals surface area contributed by atoms with Crippen LogP contribution in [0.3, 0.4) is 0 Å². The molecule has 0 atom stereocenters. The Balaban J connectivity index is 3.14. The Labute approximate surface area is 104 Å². The van der Waals surface area contributed by atoms with E-state index in [0.717, 1.165) is 0 Å². The van der Waals surface area contributed by atoms with Crippen molar-refractivity contribution in [1.29, 1.82) is 0 Å². The molecule has 0 N–H and O–H groups in total. The normalized spacial score (nSPS) is 11.0. The molecule has 1 rings (SSSR count). The summed E-state index contributed by atoms with van der Waals surface area (Å²) in [4.78, 5) is 11.1. The van der Waals surface area contributed by atoms with E-state index in [1.807, 2.05) is 0 Å². The van der Waals surface area contributed by atoms with Gasteiger partial charge >= 0.3 is 10.1 Å². The van der Waals surface area contributed by atoms with Crippen molar-refractivity contribution >= 4 is 27.5 Å². The van der Waals surface area contributed by atoms with Crippen LogP contribution >= 0.6 is 11.6 Å². The molecule has 94 valence electrons. The second kappa shape index (κ2) is 5.37. The number of carbonyl (C=O) groups is 1. The lowest BCUT2D eigenvalue weighted by Crippen LogP contribution is -2.11. The first-order valence-corrected chi connectivity index (χ1v) is 6.68. The van der Waals surface area contributed by atoms with Gasteiger partial charge in [-0.3, -0.25) is 4.79 Å². The second-order valence-corrected chi connectivity index (χ2v) is 5.33. The first-order valence-electron chi connectivity index (χ1n) is 4.56. The molecular weight excluding hydrogens is 268 g/mol. The van der Waals surface area contributed by atoms with E-state index >= 15 is 0 Å². The van der Waals surface area contributed by atoms with Gasteiger partial charge in [0.2, 0.25) is 0 Å². The average Bonchev–Trinajstić information content (AvgIpc) is 2.29. The number of rotatable bonds is 5. The predicted molar refractivity (Wildman–Crippen MR) is 63.3 cm³/mol. The number of hydrogen-bond donors (Lipinski definition) is 0. The summed E-state index contributed by atoms with van der Waals surface area (Å²) in [6, 6.07) is 4.20. The lowest BCUT2D eigenvalue weighted by Gasteiger charge is -2.10. The highest BCUT2D eigenvalue weighted by molar-refractivity contribution is 7.88. The minimum Gasteiger partial charge on any atom is -0.493 e. The van der Waals surface area contributed by atoms with Crippen LogP contribution < -0.4 is 8.92 Å². The zero-order valence-electron chi connectivity index (χ0n) is 9.27. The highest BCUT2D eigenvalue weighted by atomic mass is 35.5. The molecule has 17 heavy (non-hydrogen) atoms. The number of carbonyl (C=O) groups excluding carboxylic acids is 1. The summed E-state index contributed by atoms with van der Waals surface area (Å²) in [5.41, 5.74) is 0.400. The molecule has 0 saturated heterocycles. The van der Waals surface area contributed by atoms with Crippen molar-refractivity contribution in [3.63, 3.8) is 0 Å². The highest BCUT2D eigenvalue weighted by Crippen LogP contribution is 2.29. The molecule has 0 heterocycles. The molecule has 0 spiro atoms. The smallest absolute Gasteiger partial charge is 0.323 e. The van der Waals surface area contributed by atoms with E-state index < -0.39 is 15.3 Å². The Bertz CT molecular complexity index is 523. The molecule has 0 aromatic heterocycles. The van der Waals surface area contributed by atoms with Crippen LogP contribution in [0, 0.1) is 0 Å². The number of ketones is 1. The molecule has 0 amide bonds. The molecule has 0 aliphatic rings. The zero-order chi connectivity index (χ0) is 13.1. The SMILES string of the molecule is COc1cc(C(C)=O)ccc1OS(=O)(=O)CCl. The van der Waals surface area contributed by atoms with Crippen LogP contribution in [0.5, 0.6) is 11.5 Å². The summed E-state index contributed by atoms with van der Waals surface area (Å²) in [7, 11) is -2.49. The summed E-state index contributed by atoms with van der Waals surface area (Å²) in [6.45, 7) is 1.39. The molecule has 0 unspecified atom stereocenters. The minimum absolute atomic E-state index is 0.00171. The molecule has 0 bridgehead atoms. The molecule has 7 heteroatoms. The number of methoxy groups -OCH3 is 1. The van der Waals surface area contributed by atoms with Gasteiger partial charge in [0.05, 0.1) is 7.11 Å².